The molecular formula is C32H36N2O7. The van der Waals surface area contributed by atoms with Crippen LogP contribution in [0, 0.1) is 11.8 Å². The highest BCUT2D eigenvalue weighted by atomic mass is 16.6. The molecule has 1 N–H and O–H groups in total. The van der Waals surface area contributed by atoms with Gasteiger partial charge in [0.25, 0.3) is 5.91 Å². The second-order valence-electron chi connectivity index (χ2n) is 10.6. The van der Waals surface area contributed by atoms with Crippen LogP contribution in [0.1, 0.15) is 30.9 Å². The molecule has 3 heterocycles. The number of ether oxygens (including phenoxy) is 3. The van der Waals surface area contributed by atoms with Crippen LogP contribution in [0.5, 0.6) is 5.75 Å². The van der Waals surface area contributed by atoms with Crippen LogP contribution in [-0.2, 0) is 23.9 Å². The molecule has 41 heavy (non-hydrogen) atoms. The molecule has 0 saturated carbocycles. The third kappa shape index (κ3) is 4.83. The molecule has 3 aliphatic rings. The van der Waals surface area contributed by atoms with E-state index < -0.39 is 54.1 Å². The van der Waals surface area contributed by atoms with E-state index in [1.807, 2.05) is 30.3 Å². The number of carbonyl (C=O) groups is 3. The molecule has 2 amide bonds. The highest BCUT2D eigenvalue weighted by Gasteiger charge is 2.75. The van der Waals surface area contributed by atoms with Crippen molar-refractivity contribution in [1.29, 1.82) is 0 Å². The zero-order valence-electron chi connectivity index (χ0n) is 23.2. The number of carbonyl (C=O) groups excluding carboxylic acids is 3. The number of likely N-dealkylation sites (tertiary alicyclic amines) is 1. The van der Waals surface area contributed by atoms with E-state index in [1.165, 1.54) is 4.90 Å². The Bertz CT molecular complexity index is 1300. The van der Waals surface area contributed by atoms with Gasteiger partial charge in [-0.3, -0.25) is 14.4 Å². The van der Waals surface area contributed by atoms with Crippen LogP contribution < -0.4 is 9.64 Å². The first-order chi connectivity index (χ1) is 19.9. The maximum Gasteiger partial charge on any atom is 0.312 e. The standard InChI is InChI=1S/C32H36N2O7/c1-4-6-19-40-31(38)26-25-16-17-32(41-25)27(26)29(36)34(24(20-35)21-10-8-7-9-11-21)28(32)30(37)33(18-5-2)22-12-14-23(39-3)15-13-22/h4-5,7-15,24-28,35H,1-2,6,16-20H2,3H3/t24-,25-,26+,27+,28?,32?/m1/s1. The lowest BCUT2D eigenvalue weighted by molar-refractivity contribution is -0.155. The van der Waals surface area contributed by atoms with Crippen molar-refractivity contribution in [3.8, 4) is 5.75 Å². The third-order valence-electron chi connectivity index (χ3n) is 8.47. The lowest BCUT2D eigenvalue weighted by atomic mass is 9.70. The number of nitrogens with zero attached hydrogens (tertiary/aromatic N) is 2. The molecule has 0 aromatic heterocycles. The second kappa shape index (κ2) is 11.9. The summed E-state index contributed by atoms with van der Waals surface area (Å²) in [6.45, 7) is 7.43. The van der Waals surface area contributed by atoms with Crippen LogP contribution in [0.2, 0.25) is 0 Å². The zero-order chi connectivity index (χ0) is 29.1. The summed E-state index contributed by atoms with van der Waals surface area (Å²) >= 11 is 0. The number of hydrogen-bond donors (Lipinski definition) is 1. The molecule has 2 bridgehead atoms. The topological polar surface area (TPSA) is 106 Å². The fourth-order valence-electron chi connectivity index (χ4n) is 6.70. The van der Waals surface area contributed by atoms with Gasteiger partial charge in [0.1, 0.15) is 17.4 Å². The summed E-state index contributed by atoms with van der Waals surface area (Å²) in [5.41, 5.74) is 0.0303. The van der Waals surface area contributed by atoms with Gasteiger partial charge in [-0.05, 0) is 49.1 Å². The van der Waals surface area contributed by atoms with Crippen LogP contribution in [0.3, 0.4) is 0 Å². The van der Waals surface area contributed by atoms with Crippen molar-refractivity contribution in [2.75, 3.05) is 31.8 Å². The highest BCUT2D eigenvalue weighted by Crippen LogP contribution is 2.60. The number of aliphatic hydroxyl groups is 1. The van der Waals surface area contributed by atoms with Crippen molar-refractivity contribution in [2.45, 2.75) is 43.1 Å². The lowest BCUT2D eigenvalue weighted by Crippen LogP contribution is -2.57. The lowest BCUT2D eigenvalue weighted by Gasteiger charge is -2.39. The summed E-state index contributed by atoms with van der Waals surface area (Å²) in [7, 11) is 1.56. The van der Waals surface area contributed by atoms with E-state index in [-0.39, 0.29) is 19.1 Å². The van der Waals surface area contributed by atoms with Gasteiger partial charge in [0, 0.05) is 12.2 Å². The predicted molar refractivity (Wildman–Crippen MR) is 152 cm³/mol. The van der Waals surface area contributed by atoms with Gasteiger partial charge < -0.3 is 29.1 Å². The molecule has 5 rings (SSSR count). The van der Waals surface area contributed by atoms with Crippen LogP contribution >= 0.6 is 0 Å². The summed E-state index contributed by atoms with van der Waals surface area (Å²) in [6, 6.07) is 14.2. The Balaban J connectivity index is 1.60. The first kappa shape index (κ1) is 28.6. The number of fused-ring (bicyclic) bond motifs is 1. The van der Waals surface area contributed by atoms with Gasteiger partial charge in [-0.25, -0.2) is 0 Å². The average Bonchev–Trinajstić information content (AvgIpc) is 3.64. The molecule has 0 aliphatic carbocycles. The number of benzene rings is 2. The van der Waals surface area contributed by atoms with E-state index >= 15 is 0 Å². The molecule has 216 valence electrons. The van der Waals surface area contributed by atoms with Crippen molar-refractivity contribution in [3.05, 3.63) is 85.5 Å². The van der Waals surface area contributed by atoms with E-state index in [0.29, 0.717) is 36.3 Å². The van der Waals surface area contributed by atoms with Gasteiger partial charge in [-0.15, -0.1) is 13.2 Å². The van der Waals surface area contributed by atoms with Crippen molar-refractivity contribution in [2.24, 2.45) is 11.8 Å². The summed E-state index contributed by atoms with van der Waals surface area (Å²) in [6.07, 6.45) is 4.17. The maximum absolute atomic E-state index is 14.7. The van der Waals surface area contributed by atoms with Crippen LogP contribution in [0.15, 0.2) is 79.9 Å². The number of aliphatic hydroxyl groups excluding tert-OH is 1. The number of hydrogen-bond acceptors (Lipinski definition) is 7. The molecule has 2 aromatic rings. The van der Waals surface area contributed by atoms with E-state index in [2.05, 4.69) is 13.2 Å². The SMILES string of the molecule is C=CCCOC(=O)[C@@H]1[C@H]2C(=O)N([C@H](CO)c3ccccc3)C(C(=O)N(CC=C)c3ccc(OC)cc3)C23CC[C@H]1O3. The molecule has 0 radical (unpaired) electrons. The minimum Gasteiger partial charge on any atom is -0.497 e. The van der Waals surface area contributed by atoms with Crippen molar-refractivity contribution < 1.29 is 33.7 Å². The summed E-state index contributed by atoms with van der Waals surface area (Å²) in [5, 5.41) is 10.6. The predicted octanol–water partition coefficient (Wildman–Crippen LogP) is 3.44. The molecule has 3 saturated heterocycles. The number of amides is 2. The largest absolute Gasteiger partial charge is 0.497 e. The Hall–Kier alpha value is -3.95. The van der Waals surface area contributed by atoms with E-state index in [0.717, 1.165) is 0 Å². The van der Waals surface area contributed by atoms with Crippen molar-refractivity contribution in [1.82, 2.24) is 4.90 Å². The third-order valence-corrected chi connectivity index (χ3v) is 8.47. The van der Waals surface area contributed by atoms with Gasteiger partial charge in [0.05, 0.1) is 44.3 Å². The minimum absolute atomic E-state index is 0.152. The maximum atomic E-state index is 14.7. The molecule has 9 nitrogen and oxygen atoms in total. The van der Waals surface area contributed by atoms with E-state index in [9.17, 15) is 19.5 Å². The molecule has 3 fully saturated rings. The van der Waals surface area contributed by atoms with Gasteiger partial charge in [0.15, 0.2) is 0 Å². The second-order valence-corrected chi connectivity index (χ2v) is 10.6. The van der Waals surface area contributed by atoms with E-state index in [4.69, 9.17) is 14.2 Å². The number of methoxy groups -OCH3 is 1. The molecular weight excluding hydrogens is 524 g/mol. The quantitative estimate of drug-likeness (QED) is 0.241. The fourth-order valence-corrected chi connectivity index (χ4v) is 6.70. The van der Waals surface area contributed by atoms with Crippen LogP contribution in [0.25, 0.3) is 0 Å². The van der Waals surface area contributed by atoms with Gasteiger partial charge in [-0.1, -0.05) is 42.5 Å². The number of anilines is 1. The summed E-state index contributed by atoms with van der Waals surface area (Å²) in [4.78, 5) is 45.4. The number of esters is 1. The van der Waals surface area contributed by atoms with Gasteiger partial charge in [-0.2, -0.15) is 0 Å². The molecule has 3 aliphatic heterocycles. The zero-order valence-corrected chi connectivity index (χ0v) is 23.2. The fraction of sp³-hybridized carbons (Fsp3) is 0.406. The first-order valence-electron chi connectivity index (χ1n) is 13.9. The molecule has 6 atom stereocenters. The smallest absolute Gasteiger partial charge is 0.312 e. The summed E-state index contributed by atoms with van der Waals surface area (Å²) in [5.74, 6) is -2.40. The Labute approximate surface area is 240 Å². The Kier molecular flexibility index (Phi) is 8.28. The van der Waals surface area contributed by atoms with Gasteiger partial charge >= 0.3 is 5.97 Å². The highest BCUT2D eigenvalue weighted by molar-refractivity contribution is 6.05. The molecule has 2 unspecified atom stereocenters. The Morgan fingerprint density at radius 1 is 1.17 bits per heavy atom. The molecule has 9 heteroatoms. The van der Waals surface area contributed by atoms with Crippen LogP contribution in [0.4, 0.5) is 5.69 Å². The normalized spacial score (nSPS) is 26.8. The molecule has 1 spiro atoms. The van der Waals surface area contributed by atoms with Gasteiger partial charge in [0.2, 0.25) is 5.91 Å². The number of rotatable bonds is 12. The summed E-state index contributed by atoms with van der Waals surface area (Å²) < 4.78 is 17.3. The molecule has 2 aromatic carbocycles. The Morgan fingerprint density at radius 3 is 2.54 bits per heavy atom. The van der Waals surface area contributed by atoms with E-state index in [1.54, 1.807) is 48.4 Å². The first-order valence-corrected chi connectivity index (χ1v) is 13.9. The monoisotopic (exact) mass is 560 g/mol. The van der Waals surface area contributed by atoms with Crippen LogP contribution in [-0.4, -0.2) is 72.4 Å². The van der Waals surface area contributed by atoms with Crippen molar-refractivity contribution in [3.63, 3.8) is 0 Å². The Morgan fingerprint density at radius 2 is 1.90 bits per heavy atom. The van der Waals surface area contributed by atoms with Crippen molar-refractivity contribution >= 4 is 23.5 Å². The minimum atomic E-state index is -1.24. The average molecular weight is 561 g/mol.